The van der Waals surface area contributed by atoms with Gasteiger partial charge in [0.15, 0.2) is 0 Å². The molecule has 0 saturated carbocycles. The average Bonchev–Trinajstić information content (AvgIpc) is 2.83. The van der Waals surface area contributed by atoms with Gasteiger partial charge >= 0.3 is 12.3 Å². The zero-order valence-electron chi connectivity index (χ0n) is 18.7. The number of rotatable bonds is 11. The summed E-state index contributed by atoms with van der Waals surface area (Å²) >= 11 is 0. The highest BCUT2D eigenvalue weighted by Crippen LogP contribution is 2.33. The van der Waals surface area contributed by atoms with Gasteiger partial charge in [0.1, 0.15) is 0 Å². The Morgan fingerprint density at radius 3 is 2.11 bits per heavy atom. The lowest BCUT2D eigenvalue weighted by Gasteiger charge is -2.11. The quantitative estimate of drug-likeness (QED) is 0.343. The molecule has 0 saturated heterocycles. The summed E-state index contributed by atoms with van der Waals surface area (Å²) in [5.41, 5.74) is 1.18. The van der Waals surface area contributed by atoms with E-state index < -0.39 is 17.8 Å². The minimum Gasteiger partial charge on any atom is -0.465 e. The largest absolute Gasteiger partial charge is 0.465 e. The number of ether oxygens (including phenoxy) is 2. The lowest BCUT2D eigenvalue weighted by molar-refractivity contribution is -0.137. The number of carbonyl (C=O) groups excluding carboxylic acids is 1. The number of amides is 2. The predicted molar refractivity (Wildman–Crippen MR) is 124 cm³/mol. The fraction of sp³-hybridized carbons (Fsp3) is 0.280. The van der Waals surface area contributed by atoms with E-state index in [1.54, 1.807) is 24.3 Å². The Balaban J connectivity index is 1.51. The second kappa shape index (κ2) is 12.2. The van der Waals surface area contributed by atoms with E-state index in [0.717, 1.165) is 28.5 Å². The highest BCUT2D eigenvalue weighted by molar-refractivity contribution is 6.02. The number of fused-ring (bicyclic) bond motifs is 1. The van der Waals surface area contributed by atoms with Crippen LogP contribution in [0.3, 0.4) is 0 Å². The predicted octanol–water partition coefficient (Wildman–Crippen LogP) is 4.56. The molecule has 186 valence electrons. The maximum Gasteiger partial charge on any atom is 0.416 e. The summed E-state index contributed by atoms with van der Waals surface area (Å²) in [5.74, 6) is -0.272. The van der Waals surface area contributed by atoms with Crippen molar-refractivity contribution in [3.63, 3.8) is 0 Å². The molecule has 3 aromatic rings. The summed E-state index contributed by atoms with van der Waals surface area (Å²) in [5, 5.41) is 15.0. The van der Waals surface area contributed by atoms with E-state index in [9.17, 15) is 22.8 Å². The van der Waals surface area contributed by atoms with Crippen LogP contribution in [0.5, 0.6) is 0 Å². The number of carbonyl (C=O) groups is 2. The molecule has 35 heavy (non-hydrogen) atoms. The number of nitrogens with one attached hydrogen (secondary N) is 2. The van der Waals surface area contributed by atoms with E-state index in [1.165, 1.54) is 12.1 Å². The van der Waals surface area contributed by atoms with Gasteiger partial charge in [-0.05, 0) is 46.2 Å². The Labute approximate surface area is 199 Å². The van der Waals surface area contributed by atoms with Crippen molar-refractivity contribution in [1.82, 2.24) is 10.6 Å². The lowest BCUT2D eigenvalue weighted by Crippen LogP contribution is -2.28. The van der Waals surface area contributed by atoms with Crippen molar-refractivity contribution in [3.8, 4) is 11.1 Å². The number of alkyl halides is 3. The molecule has 0 unspecified atom stereocenters. The minimum atomic E-state index is -4.39. The van der Waals surface area contributed by atoms with E-state index in [4.69, 9.17) is 14.6 Å². The Morgan fingerprint density at radius 1 is 0.829 bits per heavy atom. The molecule has 0 aliphatic carbocycles. The van der Waals surface area contributed by atoms with Crippen molar-refractivity contribution in [2.75, 3.05) is 39.5 Å². The van der Waals surface area contributed by atoms with Gasteiger partial charge < -0.3 is 25.2 Å². The van der Waals surface area contributed by atoms with Crippen LogP contribution in [0, 0.1) is 0 Å². The molecular formula is C25H25F3N2O5. The fourth-order valence-corrected chi connectivity index (χ4v) is 3.41. The van der Waals surface area contributed by atoms with E-state index >= 15 is 0 Å². The van der Waals surface area contributed by atoms with Crippen molar-refractivity contribution in [1.29, 1.82) is 0 Å². The molecule has 10 heteroatoms. The molecule has 0 spiro atoms. The Kier molecular flexibility index (Phi) is 9.04. The van der Waals surface area contributed by atoms with Gasteiger partial charge in [-0.15, -0.1) is 0 Å². The third-order valence-corrected chi connectivity index (χ3v) is 5.09. The van der Waals surface area contributed by atoms with Crippen molar-refractivity contribution in [2.45, 2.75) is 6.18 Å². The first-order chi connectivity index (χ1) is 16.8. The van der Waals surface area contributed by atoms with Gasteiger partial charge in [-0.1, -0.05) is 36.4 Å². The molecule has 3 rings (SSSR count). The number of carboxylic acid groups (broad SMARTS) is 1. The van der Waals surface area contributed by atoms with Crippen LogP contribution in [0.2, 0.25) is 0 Å². The summed E-state index contributed by atoms with van der Waals surface area (Å²) in [6.07, 6.45) is -5.49. The number of hydrogen-bond acceptors (Lipinski definition) is 4. The molecule has 3 aromatic carbocycles. The first kappa shape index (κ1) is 26.0. The maximum atomic E-state index is 12.9. The molecule has 7 nitrogen and oxygen atoms in total. The van der Waals surface area contributed by atoms with Crippen LogP contribution in [0.1, 0.15) is 15.9 Å². The summed E-state index contributed by atoms with van der Waals surface area (Å²) in [6.45, 7) is 1.64. The molecule has 0 aromatic heterocycles. The molecule has 0 heterocycles. The molecule has 0 aliphatic rings. The normalized spacial score (nSPS) is 11.4. The van der Waals surface area contributed by atoms with Crippen molar-refractivity contribution in [2.24, 2.45) is 0 Å². The van der Waals surface area contributed by atoms with Gasteiger partial charge in [-0.2, -0.15) is 13.2 Å². The third kappa shape index (κ3) is 7.69. The van der Waals surface area contributed by atoms with Crippen LogP contribution in [-0.2, 0) is 15.7 Å². The van der Waals surface area contributed by atoms with Gasteiger partial charge in [-0.3, -0.25) is 4.79 Å². The number of benzene rings is 3. The molecule has 0 fully saturated rings. The second-order valence-electron chi connectivity index (χ2n) is 7.53. The van der Waals surface area contributed by atoms with Gasteiger partial charge in [0.05, 0.1) is 32.0 Å². The molecular weight excluding hydrogens is 465 g/mol. The van der Waals surface area contributed by atoms with Crippen LogP contribution >= 0.6 is 0 Å². The topological polar surface area (TPSA) is 96.9 Å². The van der Waals surface area contributed by atoms with Crippen molar-refractivity contribution in [3.05, 3.63) is 71.8 Å². The second-order valence-corrected chi connectivity index (χ2v) is 7.53. The molecule has 3 N–H and O–H groups in total. The van der Waals surface area contributed by atoms with E-state index in [0.29, 0.717) is 30.9 Å². The molecule has 0 bridgehead atoms. The van der Waals surface area contributed by atoms with Crippen molar-refractivity contribution >= 4 is 22.8 Å². The van der Waals surface area contributed by atoms with Gasteiger partial charge in [0.2, 0.25) is 0 Å². The summed E-state index contributed by atoms with van der Waals surface area (Å²) in [6, 6.07) is 15.6. The molecule has 0 atom stereocenters. The fourth-order valence-electron chi connectivity index (χ4n) is 3.41. The Bertz CT molecular complexity index is 1150. The molecule has 0 aliphatic heterocycles. The highest BCUT2D eigenvalue weighted by Gasteiger charge is 2.30. The number of hydrogen-bond donors (Lipinski definition) is 3. The summed E-state index contributed by atoms with van der Waals surface area (Å²) in [7, 11) is 0. The minimum absolute atomic E-state index is 0.197. The van der Waals surface area contributed by atoms with Gasteiger partial charge in [0.25, 0.3) is 5.91 Å². The van der Waals surface area contributed by atoms with E-state index in [1.807, 2.05) is 12.1 Å². The van der Waals surface area contributed by atoms with E-state index in [2.05, 4.69) is 10.6 Å². The monoisotopic (exact) mass is 490 g/mol. The first-order valence-electron chi connectivity index (χ1n) is 10.9. The average molecular weight is 490 g/mol. The van der Waals surface area contributed by atoms with E-state index in [-0.39, 0.29) is 25.7 Å². The van der Waals surface area contributed by atoms with Crippen LogP contribution < -0.4 is 10.6 Å². The zero-order chi connectivity index (χ0) is 25.3. The molecule has 2 amide bonds. The standard InChI is InChI=1S/C25H25F3N2O5/c26-25(27,28)20-7-4-17(5-8-20)21-3-1-2-18-16-19(6-9-22(18)21)23(31)29-10-12-34-14-15-35-13-11-30-24(32)33/h1-9,16,30H,10-15H2,(H,29,31)(H,32,33). The maximum absolute atomic E-state index is 12.9. The molecule has 0 radical (unpaired) electrons. The highest BCUT2D eigenvalue weighted by atomic mass is 19.4. The van der Waals surface area contributed by atoms with Crippen LogP contribution in [0.4, 0.5) is 18.0 Å². The van der Waals surface area contributed by atoms with Crippen LogP contribution in [-0.4, -0.2) is 56.6 Å². The third-order valence-electron chi connectivity index (χ3n) is 5.09. The van der Waals surface area contributed by atoms with Gasteiger partial charge in [-0.25, -0.2) is 4.79 Å². The van der Waals surface area contributed by atoms with Crippen LogP contribution in [0.15, 0.2) is 60.7 Å². The SMILES string of the molecule is O=C(O)NCCOCCOCCNC(=O)c1ccc2c(-c3ccc(C(F)(F)F)cc3)cccc2c1. The van der Waals surface area contributed by atoms with Gasteiger partial charge in [0, 0.05) is 18.7 Å². The summed E-state index contributed by atoms with van der Waals surface area (Å²) < 4.78 is 49.1. The lowest BCUT2D eigenvalue weighted by atomic mass is 9.96. The smallest absolute Gasteiger partial charge is 0.416 e. The number of halogens is 3. The van der Waals surface area contributed by atoms with Crippen molar-refractivity contribution < 1.29 is 37.3 Å². The zero-order valence-corrected chi connectivity index (χ0v) is 18.7. The Morgan fingerprint density at radius 2 is 1.49 bits per heavy atom. The Hall–Kier alpha value is -3.63. The first-order valence-corrected chi connectivity index (χ1v) is 10.9. The summed E-state index contributed by atoms with van der Waals surface area (Å²) in [4.78, 5) is 22.8. The van der Waals surface area contributed by atoms with Crippen LogP contribution in [0.25, 0.3) is 21.9 Å².